The average Bonchev–Trinajstić information content (AvgIpc) is 2.94. The quantitative estimate of drug-likeness (QED) is 0.782. The van der Waals surface area contributed by atoms with Gasteiger partial charge < -0.3 is 10.1 Å². The predicted molar refractivity (Wildman–Crippen MR) is 97.9 cm³/mol. The van der Waals surface area contributed by atoms with Gasteiger partial charge in [0, 0.05) is 10.6 Å². The van der Waals surface area contributed by atoms with Crippen molar-refractivity contribution in [2.45, 2.75) is 40.0 Å². The van der Waals surface area contributed by atoms with Crippen molar-refractivity contribution in [3.05, 3.63) is 51.2 Å². The number of amides is 1. The fourth-order valence-electron chi connectivity index (χ4n) is 2.47. The van der Waals surface area contributed by atoms with Crippen LogP contribution in [0.1, 0.15) is 52.4 Å². The summed E-state index contributed by atoms with van der Waals surface area (Å²) >= 11 is 1.42. The molecule has 2 aromatic rings. The molecular formula is C19H23NO3S. The standard InChI is InChI=1S/C19H23NO3S/c1-5-16-13(4)10-17(24-16)19(22)23-11-18(21)20-15-9-7-6-8-14(15)12(2)3/h6-10,12H,5,11H2,1-4H3,(H,20,21). The number of para-hydroxylation sites is 1. The molecule has 4 nitrogen and oxygen atoms in total. The van der Waals surface area contributed by atoms with Crippen LogP contribution in [0, 0.1) is 6.92 Å². The Labute approximate surface area is 146 Å². The average molecular weight is 345 g/mol. The SMILES string of the molecule is CCc1sc(C(=O)OCC(=O)Nc2ccccc2C(C)C)cc1C. The van der Waals surface area contributed by atoms with Gasteiger partial charge in [-0.05, 0) is 42.5 Å². The van der Waals surface area contributed by atoms with Gasteiger partial charge in [-0.15, -0.1) is 11.3 Å². The number of ether oxygens (including phenoxy) is 1. The maximum absolute atomic E-state index is 12.1. The number of esters is 1. The van der Waals surface area contributed by atoms with E-state index in [1.165, 1.54) is 11.3 Å². The Hall–Kier alpha value is -2.14. The van der Waals surface area contributed by atoms with Gasteiger partial charge >= 0.3 is 5.97 Å². The molecule has 128 valence electrons. The Kier molecular flexibility index (Phi) is 6.15. The number of rotatable bonds is 6. The van der Waals surface area contributed by atoms with E-state index in [1.807, 2.05) is 44.2 Å². The highest BCUT2D eigenvalue weighted by molar-refractivity contribution is 7.14. The largest absolute Gasteiger partial charge is 0.451 e. The normalized spacial score (nSPS) is 10.7. The number of hydrogen-bond acceptors (Lipinski definition) is 4. The van der Waals surface area contributed by atoms with Crippen molar-refractivity contribution in [1.82, 2.24) is 0 Å². The van der Waals surface area contributed by atoms with Gasteiger partial charge in [-0.25, -0.2) is 4.79 Å². The van der Waals surface area contributed by atoms with Crippen LogP contribution < -0.4 is 5.32 Å². The van der Waals surface area contributed by atoms with Crippen LogP contribution in [-0.2, 0) is 16.0 Å². The number of benzene rings is 1. The monoisotopic (exact) mass is 345 g/mol. The van der Waals surface area contributed by atoms with E-state index >= 15 is 0 Å². The van der Waals surface area contributed by atoms with E-state index in [0.29, 0.717) is 10.8 Å². The molecule has 0 unspecified atom stereocenters. The maximum Gasteiger partial charge on any atom is 0.348 e. The first-order valence-corrected chi connectivity index (χ1v) is 8.89. The van der Waals surface area contributed by atoms with Crippen molar-refractivity contribution in [1.29, 1.82) is 0 Å². The molecule has 1 amide bonds. The zero-order chi connectivity index (χ0) is 17.7. The molecule has 5 heteroatoms. The molecule has 0 saturated heterocycles. The lowest BCUT2D eigenvalue weighted by Crippen LogP contribution is -2.21. The summed E-state index contributed by atoms with van der Waals surface area (Å²) in [5.74, 6) is -0.485. The molecule has 0 radical (unpaired) electrons. The third-order valence-electron chi connectivity index (χ3n) is 3.73. The van der Waals surface area contributed by atoms with Crippen LogP contribution in [0.5, 0.6) is 0 Å². The summed E-state index contributed by atoms with van der Waals surface area (Å²) in [5, 5.41) is 2.81. The first-order chi connectivity index (χ1) is 11.4. The van der Waals surface area contributed by atoms with Gasteiger partial charge in [0.15, 0.2) is 6.61 Å². The first-order valence-electron chi connectivity index (χ1n) is 8.07. The van der Waals surface area contributed by atoms with Crippen molar-refractivity contribution in [2.24, 2.45) is 0 Å². The smallest absolute Gasteiger partial charge is 0.348 e. The van der Waals surface area contributed by atoms with Crippen LogP contribution in [0.3, 0.4) is 0 Å². The van der Waals surface area contributed by atoms with Gasteiger partial charge in [0.2, 0.25) is 0 Å². The van der Waals surface area contributed by atoms with Crippen LogP contribution in [0.2, 0.25) is 0 Å². The van der Waals surface area contributed by atoms with E-state index in [4.69, 9.17) is 4.74 Å². The predicted octanol–water partition coefficient (Wildman–Crippen LogP) is 4.54. The highest BCUT2D eigenvalue weighted by Gasteiger charge is 2.15. The van der Waals surface area contributed by atoms with E-state index in [9.17, 15) is 9.59 Å². The second-order valence-corrected chi connectivity index (χ2v) is 7.07. The topological polar surface area (TPSA) is 55.4 Å². The molecule has 1 N–H and O–H groups in total. The fourth-order valence-corrected chi connectivity index (χ4v) is 3.48. The Morgan fingerprint density at radius 1 is 1.25 bits per heavy atom. The molecule has 0 spiro atoms. The van der Waals surface area contributed by atoms with Gasteiger partial charge in [0.05, 0.1) is 0 Å². The second kappa shape index (κ2) is 8.11. The minimum Gasteiger partial charge on any atom is -0.451 e. The van der Waals surface area contributed by atoms with E-state index in [0.717, 1.165) is 28.1 Å². The number of hydrogen-bond donors (Lipinski definition) is 1. The molecule has 24 heavy (non-hydrogen) atoms. The molecule has 1 aromatic heterocycles. The van der Waals surface area contributed by atoms with Crippen molar-refractivity contribution >= 4 is 28.9 Å². The van der Waals surface area contributed by atoms with Crippen molar-refractivity contribution in [3.8, 4) is 0 Å². The number of nitrogens with one attached hydrogen (secondary N) is 1. The lowest BCUT2D eigenvalue weighted by molar-refractivity contribution is -0.119. The molecule has 0 aliphatic heterocycles. The zero-order valence-corrected chi connectivity index (χ0v) is 15.3. The van der Waals surface area contributed by atoms with Crippen LogP contribution in [-0.4, -0.2) is 18.5 Å². The van der Waals surface area contributed by atoms with Crippen LogP contribution in [0.25, 0.3) is 0 Å². The van der Waals surface area contributed by atoms with Crippen molar-refractivity contribution < 1.29 is 14.3 Å². The number of aryl methyl sites for hydroxylation is 2. The zero-order valence-electron chi connectivity index (χ0n) is 14.5. The maximum atomic E-state index is 12.1. The van der Waals surface area contributed by atoms with Gasteiger partial charge in [0.1, 0.15) is 4.88 Å². The molecule has 1 aromatic carbocycles. The van der Waals surface area contributed by atoms with Crippen LogP contribution in [0.15, 0.2) is 30.3 Å². The number of carbonyl (C=O) groups excluding carboxylic acids is 2. The Morgan fingerprint density at radius 2 is 1.96 bits per heavy atom. The molecular weight excluding hydrogens is 322 g/mol. The Balaban J connectivity index is 1.94. The third-order valence-corrected chi connectivity index (χ3v) is 5.10. The minimum atomic E-state index is -0.449. The molecule has 0 fully saturated rings. The van der Waals surface area contributed by atoms with E-state index < -0.39 is 5.97 Å². The van der Waals surface area contributed by atoms with Gasteiger partial charge in [-0.1, -0.05) is 39.0 Å². The number of thiophene rings is 1. The van der Waals surface area contributed by atoms with E-state index in [2.05, 4.69) is 19.2 Å². The summed E-state index contributed by atoms with van der Waals surface area (Å²) in [4.78, 5) is 25.8. The molecule has 0 atom stereocenters. The minimum absolute atomic E-state index is 0.288. The number of anilines is 1. The summed E-state index contributed by atoms with van der Waals surface area (Å²) in [7, 11) is 0. The highest BCUT2D eigenvalue weighted by atomic mass is 32.1. The van der Waals surface area contributed by atoms with Crippen molar-refractivity contribution in [2.75, 3.05) is 11.9 Å². The third kappa shape index (κ3) is 4.45. The number of carbonyl (C=O) groups is 2. The summed E-state index contributed by atoms with van der Waals surface area (Å²) in [6, 6.07) is 9.46. The van der Waals surface area contributed by atoms with E-state index in [-0.39, 0.29) is 12.5 Å². The summed E-state index contributed by atoms with van der Waals surface area (Å²) in [6.45, 7) is 7.86. The lowest BCUT2D eigenvalue weighted by Gasteiger charge is -2.13. The highest BCUT2D eigenvalue weighted by Crippen LogP contribution is 2.24. The molecule has 0 aliphatic carbocycles. The first kappa shape index (κ1) is 18.2. The Bertz CT molecular complexity index is 734. The molecule has 2 rings (SSSR count). The van der Waals surface area contributed by atoms with Gasteiger partial charge in [-0.2, -0.15) is 0 Å². The van der Waals surface area contributed by atoms with Gasteiger partial charge in [0.25, 0.3) is 5.91 Å². The van der Waals surface area contributed by atoms with Crippen LogP contribution in [0.4, 0.5) is 5.69 Å². The lowest BCUT2D eigenvalue weighted by atomic mass is 10.0. The summed E-state index contributed by atoms with van der Waals surface area (Å²) in [5.41, 5.74) is 2.90. The van der Waals surface area contributed by atoms with Gasteiger partial charge in [-0.3, -0.25) is 4.79 Å². The summed E-state index contributed by atoms with van der Waals surface area (Å²) in [6.07, 6.45) is 0.885. The van der Waals surface area contributed by atoms with Crippen molar-refractivity contribution in [3.63, 3.8) is 0 Å². The molecule has 0 aliphatic rings. The van der Waals surface area contributed by atoms with Crippen LogP contribution >= 0.6 is 11.3 Å². The fraction of sp³-hybridized carbons (Fsp3) is 0.368. The Morgan fingerprint density at radius 3 is 2.58 bits per heavy atom. The molecule has 0 bridgehead atoms. The van der Waals surface area contributed by atoms with E-state index in [1.54, 1.807) is 0 Å². The second-order valence-electron chi connectivity index (χ2n) is 5.94. The summed E-state index contributed by atoms with van der Waals surface area (Å²) < 4.78 is 5.13. The molecule has 0 saturated carbocycles. The molecule has 1 heterocycles.